The highest BCUT2D eigenvalue weighted by atomic mass is 35.5. The molecule has 13 nitrogen and oxygen atoms in total. The first-order valence-electron chi connectivity index (χ1n) is 41.3. The van der Waals surface area contributed by atoms with Crippen LogP contribution in [0.4, 0.5) is 17.2 Å². The molecule has 0 amide bonds. The standard InChI is InChI=1S/C37H50.C26H32ClN4O2P.C25H33ClN4O.C7H9NOP/c1-8-26(3)30-16-18-31(19-17-30)33-21-20-32(29(9-2)24-33)22-28-15-14-27(4)35(23-28)25-34-12-10-11-13-36(34)37(5,6)7;1-31-13-11-18(12-14-31)19-9-10-20(23(15-19)33-2)16-25-28-17-21(27)26(30-25)29-22-7-5-6-8-24(22)34(3,4)32;1-31-24-14-19(2-3-20(24)15-25-27-16-21(26)17-28-25)18-6-10-29(11-7-18)23-8-12-30(13-9-23)22-4-5-22;1-10(9)7-5-3-2-4-6(7)8/h10-15,20-21,23-24,26,30-31H,8-9,16-19,22,25H2,1-7H3;5-10,15,17-18H,11-14,16H2,1-4H3,(H,28,29,30);2-3,14,16-18,22-23H,4-13,15H2,1H3;2-5H,8H2,1H3/q;;;+1. The Hall–Kier alpha value is -7.31. The number of nitrogens with two attached hydrogens (primary N) is 1. The molecule has 3 N–H and O–H groups in total. The van der Waals surface area contributed by atoms with Crippen LogP contribution in [0.25, 0.3) is 0 Å². The molecule has 9 aromatic rings. The number of halogens is 2. The van der Waals surface area contributed by atoms with Crippen LogP contribution in [0.1, 0.15) is 221 Å². The average molecular weight is 1590 g/mol. The second kappa shape index (κ2) is 40.3. The summed E-state index contributed by atoms with van der Waals surface area (Å²) in [4.78, 5) is 25.6. The maximum Gasteiger partial charge on any atom is 0.375 e. The summed E-state index contributed by atoms with van der Waals surface area (Å²) in [6, 6.07) is 53.3. The molecule has 112 heavy (non-hydrogen) atoms. The minimum absolute atomic E-state index is 0.160. The number of benzene rings is 7. The first-order valence-corrected chi connectivity index (χ1v) is 46.3. The summed E-state index contributed by atoms with van der Waals surface area (Å²) in [5.74, 6) is 7.45. The number of para-hydroxylation sites is 2. The summed E-state index contributed by atoms with van der Waals surface area (Å²) in [5.41, 5.74) is 23.8. The number of hydrogen-bond acceptors (Lipinski definition) is 13. The molecule has 2 unspecified atom stereocenters. The fraction of sp³-hybridized carbons (Fsp3) is 0.474. The number of hydrogen-bond donors (Lipinski definition) is 2. The van der Waals surface area contributed by atoms with Gasteiger partial charge in [-0.3, -0.25) is 0 Å². The second-order valence-electron chi connectivity index (χ2n) is 33.6. The topological polar surface area (TPSA) is 152 Å². The van der Waals surface area contributed by atoms with Crippen LogP contribution in [0, 0.1) is 18.8 Å². The predicted molar refractivity (Wildman–Crippen MR) is 471 cm³/mol. The zero-order chi connectivity index (χ0) is 79.6. The number of likely N-dealkylation sites (tertiary alicyclic amines) is 3. The lowest BCUT2D eigenvalue weighted by atomic mass is 9.73. The van der Waals surface area contributed by atoms with Gasteiger partial charge in [-0.05, 0) is 290 Å². The van der Waals surface area contributed by atoms with Crippen LogP contribution in [0.15, 0.2) is 164 Å². The molecular formula is C95H124Cl2N9O4P2+. The van der Waals surface area contributed by atoms with Gasteiger partial charge in [0.25, 0.3) is 0 Å². The van der Waals surface area contributed by atoms with Crippen LogP contribution in [-0.2, 0) is 46.6 Å². The Morgan fingerprint density at radius 2 is 1.12 bits per heavy atom. The van der Waals surface area contributed by atoms with Crippen LogP contribution in [0.5, 0.6) is 11.5 Å². The number of nitrogen functional groups attached to an aromatic ring is 1. The molecule has 2 aromatic heterocycles. The number of piperidine rings is 3. The third-order valence-corrected chi connectivity index (χ3v) is 27.5. The Morgan fingerprint density at radius 1 is 0.580 bits per heavy atom. The van der Waals surface area contributed by atoms with Crippen molar-refractivity contribution in [2.75, 3.05) is 91.6 Å². The lowest BCUT2D eigenvalue weighted by molar-refractivity contribution is 0.0843. The fourth-order valence-electron chi connectivity index (χ4n) is 17.2. The van der Waals surface area contributed by atoms with E-state index >= 15 is 0 Å². The summed E-state index contributed by atoms with van der Waals surface area (Å²) in [6.07, 6.45) is 26.5. The molecule has 17 heteroatoms. The fourth-order valence-corrected chi connectivity index (χ4v) is 19.4. The normalized spacial score (nSPS) is 18.0. The SMILES string of the molecule is CCc1cc(C2CCC(C(C)CC)CC2)ccc1Cc1ccc(C)c(Cc2ccccc2C(C)(C)C)c1.COc1cc(C2CCN(C)CC2)ccc1Cc1ncc(Cl)c(Nc2ccccc2P(C)(C)=O)n1.COc1cc(C2CCN(C3CCN(C4CC4)CC3)CC2)ccc1Cc1ncc(Cl)cn1.C[P+](=O)c1ccccc1N. The van der Waals surface area contributed by atoms with Gasteiger partial charge in [0, 0.05) is 53.8 Å². The molecule has 0 bridgehead atoms. The molecule has 14 rings (SSSR count). The van der Waals surface area contributed by atoms with Gasteiger partial charge in [-0.15, -0.1) is 0 Å². The Bertz CT molecular complexity index is 4600. The van der Waals surface area contributed by atoms with Crippen LogP contribution in [0.3, 0.4) is 0 Å². The highest BCUT2D eigenvalue weighted by molar-refractivity contribution is 7.70. The number of methoxy groups -OCH3 is 2. The Morgan fingerprint density at radius 3 is 1.69 bits per heavy atom. The minimum atomic E-state index is -2.47. The average Bonchev–Trinajstić information content (AvgIpc) is 0.892. The van der Waals surface area contributed by atoms with Gasteiger partial charge in [-0.25, -0.2) is 19.9 Å². The number of aromatic nitrogens is 4. The lowest BCUT2D eigenvalue weighted by Gasteiger charge is -2.42. The third-order valence-electron chi connectivity index (χ3n) is 24.4. The van der Waals surface area contributed by atoms with E-state index in [4.69, 9.17) is 38.4 Å². The molecule has 3 saturated heterocycles. The van der Waals surface area contributed by atoms with E-state index in [2.05, 4.69) is 193 Å². The first kappa shape index (κ1) is 85.6. The lowest BCUT2D eigenvalue weighted by Crippen LogP contribution is -2.47. The van der Waals surface area contributed by atoms with Crippen molar-refractivity contribution in [1.29, 1.82) is 0 Å². The monoisotopic (exact) mass is 1590 g/mol. The van der Waals surface area contributed by atoms with Gasteiger partial charge in [0.2, 0.25) is 5.30 Å². The predicted octanol–water partition coefficient (Wildman–Crippen LogP) is 21.8. The van der Waals surface area contributed by atoms with Crippen LogP contribution in [-0.4, -0.2) is 127 Å². The molecule has 2 saturated carbocycles. The van der Waals surface area contributed by atoms with E-state index in [1.165, 1.54) is 141 Å². The number of nitrogens with one attached hydrogen (secondary N) is 1. The quantitative estimate of drug-likeness (QED) is 0.0490. The van der Waals surface area contributed by atoms with Gasteiger partial charge < -0.3 is 39.8 Å². The molecule has 3 aliphatic heterocycles. The number of ether oxygens (including phenoxy) is 2. The highest BCUT2D eigenvalue weighted by Gasteiger charge is 2.35. The maximum absolute atomic E-state index is 12.7. The first-order chi connectivity index (χ1) is 53.8. The van der Waals surface area contributed by atoms with E-state index in [9.17, 15) is 9.13 Å². The van der Waals surface area contributed by atoms with Crippen LogP contribution < -0.4 is 31.1 Å². The number of nitrogens with zero attached hydrogens (tertiary/aromatic N) is 7. The van der Waals surface area contributed by atoms with Gasteiger partial charge in [0.15, 0.2) is 5.82 Å². The number of rotatable bonds is 22. The van der Waals surface area contributed by atoms with E-state index < -0.39 is 14.9 Å². The number of aryl methyl sites for hydroxylation is 2. The maximum atomic E-state index is 12.7. The molecule has 2 atom stereocenters. The Labute approximate surface area is 681 Å². The summed E-state index contributed by atoms with van der Waals surface area (Å²) in [7, 11) is 1.87. The van der Waals surface area contributed by atoms with Gasteiger partial charge in [0.1, 0.15) is 42.0 Å². The van der Waals surface area contributed by atoms with Crippen molar-refractivity contribution in [1.82, 2.24) is 34.6 Å². The van der Waals surface area contributed by atoms with Gasteiger partial charge in [0.05, 0.1) is 36.8 Å². The van der Waals surface area contributed by atoms with Crippen LogP contribution >= 0.6 is 38.1 Å². The molecule has 5 fully saturated rings. The second-order valence-corrected chi connectivity index (χ2v) is 39.1. The Kier molecular flexibility index (Phi) is 30.8. The summed E-state index contributed by atoms with van der Waals surface area (Å²) < 4.78 is 35.1. The molecule has 2 aliphatic carbocycles. The molecule has 5 heterocycles. The smallest absolute Gasteiger partial charge is 0.375 e. The van der Waals surface area contributed by atoms with E-state index in [0.717, 1.165) is 120 Å². The summed E-state index contributed by atoms with van der Waals surface area (Å²) in [5, 5.41) is 5.75. The molecular weight excluding hydrogens is 1460 g/mol. The summed E-state index contributed by atoms with van der Waals surface area (Å²) in [6.45, 7) is 28.8. The molecule has 596 valence electrons. The van der Waals surface area contributed by atoms with Crippen molar-refractivity contribution < 1.29 is 18.6 Å². The highest BCUT2D eigenvalue weighted by Crippen LogP contribution is 2.43. The van der Waals surface area contributed by atoms with Crippen LogP contribution in [0.2, 0.25) is 10.0 Å². The van der Waals surface area contributed by atoms with Crippen molar-refractivity contribution in [3.8, 4) is 11.5 Å². The van der Waals surface area contributed by atoms with Crippen molar-refractivity contribution in [2.24, 2.45) is 11.8 Å². The van der Waals surface area contributed by atoms with Crippen molar-refractivity contribution in [2.45, 2.75) is 199 Å². The largest absolute Gasteiger partial charge is 0.496 e. The van der Waals surface area contributed by atoms with E-state index in [1.807, 2.05) is 36.4 Å². The van der Waals surface area contributed by atoms with Crippen molar-refractivity contribution in [3.05, 3.63) is 253 Å². The summed E-state index contributed by atoms with van der Waals surface area (Å²) >= 11 is 12.3. The third kappa shape index (κ3) is 23.7. The van der Waals surface area contributed by atoms with E-state index in [-0.39, 0.29) is 5.41 Å². The van der Waals surface area contributed by atoms with Gasteiger partial charge >= 0.3 is 7.80 Å². The molecule has 5 aliphatic rings. The molecule has 0 radical (unpaired) electrons. The number of anilines is 3. The van der Waals surface area contributed by atoms with E-state index in [1.54, 1.807) is 76.1 Å². The van der Waals surface area contributed by atoms with E-state index in [0.29, 0.717) is 52.1 Å². The zero-order valence-corrected chi connectivity index (χ0v) is 72.4. The molecule has 0 spiro atoms. The Balaban J connectivity index is 0.000000156. The zero-order valence-electron chi connectivity index (χ0n) is 69.1. The van der Waals surface area contributed by atoms with Gasteiger partial charge in [-0.1, -0.05) is 185 Å². The van der Waals surface area contributed by atoms with Gasteiger partial charge in [-0.2, -0.15) is 0 Å². The minimum Gasteiger partial charge on any atom is -0.496 e. The molecule has 7 aromatic carbocycles. The van der Waals surface area contributed by atoms with Crippen molar-refractivity contribution in [3.63, 3.8) is 0 Å². The van der Waals surface area contributed by atoms with Crippen molar-refractivity contribution >= 4 is 65.9 Å².